The van der Waals surface area contributed by atoms with Crippen molar-refractivity contribution in [1.29, 1.82) is 0 Å². The topological polar surface area (TPSA) is 243 Å². The molecule has 6 rings (SSSR count). The van der Waals surface area contributed by atoms with Gasteiger partial charge in [0, 0.05) is 29.8 Å². The molecule has 15 nitrogen and oxygen atoms in total. The third-order valence-corrected chi connectivity index (χ3v) is 8.26. The monoisotopic (exact) mass is 740 g/mol. The van der Waals surface area contributed by atoms with Crippen molar-refractivity contribution in [2.75, 3.05) is 0 Å². The van der Waals surface area contributed by atoms with Crippen molar-refractivity contribution in [2.45, 2.75) is 37.6 Å². The lowest BCUT2D eigenvalue weighted by Crippen LogP contribution is -2.61. The molecule has 0 amide bonds. The average molecular weight is 741 g/mol. The second-order valence-corrected chi connectivity index (χ2v) is 12.1. The van der Waals surface area contributed by atoms with Crippen LogP contribution in [0.2, 0.25) is 0 Å². The van der Waals surface area contributed by atoms with Gasteiger partial charge in [0.15, 0.2) is 29.5 Å². The minimum atomic E-state index is -1.84. The molecular formula is C39H32O15. The van der Waals surface area contributed by atoms with Crippen LogP contribution in [-0.2, 0) is 23.8 Å². The highest BCUT2D eigenvalue weighted by atomic mass is 16.7. The molecule has 0 bridgehead atoms. The summed E-state index contributed by atoms with van der Waals surface area (Å²) in [6.45, 7) is 1.42. The first-order chi connectivity index (χ1) is 25.8. The van der Waals surface area contributed by atoms with Crippen molar-refractivity contribution in [2.24, 2.45) is 0 Å². The highest BCUT2D eigenvalue weighted by Gasteiger charge is 2.49. The number of esters is 2. The van der Waals surface area contributed by atoms with E-state index < -0.39 is 82.2 Å². The predicted octanol–water partition coefficient (Wildman–Crippen LogP) is 4.43. The van der Waals surface area contributed by atoms with E-state index in [9.17, 15) is 50.1 Å². The van der Waals surface area contributed by atoms with E-state index in [2.05, 4.69) is 0 Å². The number of aliphatic hydroxyl groups is 1. The van der Waals surface area contributed by atoms with Gasteiger partial charge in [0.05, 0.1) is 6.10 Å². The third kappa shape index (κ3) is 8.07. The number of aliphatic hydroxyl groups excluding tert-OH is 1. The van der Waals surface area contributed by atoms with E-state index in [-0.39, 0.29) is 28.4 Å². The number of carbonyl (C=O) groups excluding carboxylic acids is 2. The van der Waals surface area contributed by atoms with E-state index in [4.69, 9.17) is 23.4 Å². The summed E-state index contributed by atoms with van der Waals surface area (Å²) in [7, 11) is 0. The number of phenols is 6. The molecule has 1 saturated heterocycles. The van der Waals surface area contributed by atoms with Crippen LogP contribution in [0, 0.1) is 0 Å². The van der Waals surface area contributed by atoms with Gasteiger partial charge < -0.3 is 59.1 Å². The fourth-order valence-electron chi connectivity index (χ4n) is 5.57. The number of hydrogen-bond acceptors (Lipinski definition) is 15. The zero-order valence-electron chi connectivity index (χ0n) is 28.1. The summed E-state index contributed by atoms with van der Waals surface area (Å²) >= 11 is 0. The lowest BCUT2D eigenvalue weighted by molar-refractivity contribution is -0.275. The lowest BCUT2D eigenvalue weighted by Gasteiger charge is -2.41. The Balaban J connectivity index is 1.37. The van der Waals surface area contributed by atoms with Gasteiger partial charge >= 0.3 is 11.9 Å². The van der Waals surface area contributed by atoms with Crippen molar-refractivity contribution >= 4 is 35.1 Å². The van der Waals surface area contributed by atoms with Crippen molar-refractivity contribution in [3.8, 4) is 51.6 Å². The average Bonchev–Trinajstić information content (AvgIpc) is 3.13. The van der Waals surface area contributed by atoms with Crippen molar-refractivity contribution in [3.63, 3.8) is 0 Å². The number of ether oxygens (including phenoxy) is 4. The normalized spacial score (nSPS) is 19.9. The maximum absolute atomic E-state index is 14.0. The number of phenolic OH excluding ortho intramolecular Hbond substituents is 6. The summed E-state index contributed by atoms with van der Waals surface area (Å²) in [6.07, 6.45) is -3.25. The van der Waals surface area contributed by atoms with E-state index in [0.717, 1.165) is 36.4 Å². The molecule has 0 unspecified atom stereocenters. The van der Waals surface area contributed by atoms with E-state index in [1.807, 2.05) is 0 Å². The first kappa shape index (κ1) is 36.8. The summed E-state index contributed by atoms with van der Waals surface area (Å²) < 4.78 is 29.0. The minimum Gasteiger partial charge on any atom is -0.508 e. The molecule has 15 heteroatoms. The van der Waals surface area contributed by atoms with Gasteiger partial charge in [-0.05, 0) is 72.7 Å². The molecule has 0 saturated carbocycles. The van der Waals surface area contributed by atoms with Crippen LogP contribution in [-0.4, -0.2) is 78.4 Å². The highest BCUT2D eigenvalue weighted by molar-refractivity contribution is 5.89. The van der Waals surface area contributed by atoms with E-state index in [1.165, 1.54) is 61.5 Å². The van der Waals surface area contributed by atoms with Crippen LogP contribution in [0.15, 0.2) is 100 Å². The predicted molar refractivity (Wildman–Crippen MR) is 190 cm³/mol. The molecule has 7 N–H and O–H groups in total. The van der Waals surface area contributed by atoms with Gasteiger partial charge in [-0.3, -0.25) is 4.79 Å². The SMILES string of the molecule is C[C@@H]1O[C@@H](Oc2c(-c3ccc(O)c(O)c3)oc3cc(O)cc(O)c3c2=O)[C@H](OC(=O)C=Cc2ccc(O)cc2)[C@H](O)[C@H]1OC(=O)C=Cc1ccc(O)cc1. The van der Waals surface area contributed by atoms with Crippen LogP contribution in [0.5, 0.6) is 40.2 Å². The molecule has 1 fully saturated rings. The highest BCUT2D eigenvalue weighted by Crippen LogP contribution is 2.40. The van der Waals surface area contributed by atoms with Crippen molar-refractivity contribution < 1.29 is 68.7 Å². The van der Waals surface area contributed by atoms with Gasteiger partial charge in [-0.15, -0.1) is 0 Å². The van der Waals surface area contributed by atoms with Crippen molar-refractivity contribution in [3.05, 3.63) is 112 Å². The Morgan fingerprint density at radius 1 is 0.685 bits per heavy atom. The molecule has 4 aromatic carbocycles. The van der Waals surface area contributed by atoms with Gasteiger partial charge in [-0.25, -0.2) is 9.59 Å². The molecule has 278 valence electrons. The lowest BCUT2D eigenvalue weighted by atomic mass is 9.99. The number of carbonyl (C=O) groups is 2. The number of rotatable bonds is 9. The molecule has 0 aliphatic carbocycles. The maximum atomic E-state index is 14.0. The molecule has 0 radical (unpaired) electrons. The van der Waals surface area contributed by atoms with Crippen LogP contribution in [0.3, 0.4) is 0 Å². The molecule has 1 aliphatic heterocycles. The van der Waals surface area contributed by atoms with Gasteiger partial charge in [0.2, 0.25) is 17.5 Å². The zero-order chi connectivity index (χ0) is 38.7. The quantitative estimate of drug-likeness (QED) is 0.0628. The largest absolute Gasteiger partial charge is 0.508 e. The summed E-state index contributed by atoms with van der Waals surface area (Å²) in [5.41, 5.74) is -0.274. The molecule has 5 aromatic rings. The molecule has 54 heavy (non-hydrogen) atoms. The fourth-order valence-corrected chi connectivity index (χ4v) is 5.57. The Labute approximate surface area is 305 Å². The fraction of sp³-hybridized carbons (Fsp3) is 0.154. The number of benzene rings is 4. The second-order valence-electron chi connectivity index (χ2n) is 12.1. The molecular weight excluding hydrogens is 708 g/mol. The van der Waals surface area contributed by atoms with E-state index >= 15 is 0 Å². The Morgan fingerprint density at radius 2 is 1.26 bits per heavy atom. The zero-order valence-corrected chi connectivity index (χ0v) is 28.1. The van der Waals surface area contributed by atoms with Crippen LogP contribution in [0.4, 0.5) is 0 Å². The van der Waals surface area contributed by atoms with Gasteiger partial charge in [-0.1, -0.05) is 24.3 Å². The van der Waals surface area contributed by atoms with Gasteiger partial charge in [-0.2, -0.15) is 0 Å². The van der Waals surface area contributed by atoms with Crippen LogP contribution in [0.25, 0.3) is 34.4 Å². The Bertz CT molecular complexity index is 2310. The number of fused-ring (bicyclic) bond motifs is 1. The number of aromatic hydroxyl groups is 6. The Hall–Kier alpha value is -6.97. The van der Waals surface area contributed by atoms with E-state index in [1.54, 1.807) is 12.1 Å². The molecule has 5 atom stereocenters. The minimum absolute atomic E-state index is 0.00464. The smallest absolute Gasteiger partial charge is 0.331 e. The van der Waals surface area contributed by atoms with Crippen LogP contribution >= 0.6 is 0 Å². The third-order valence-electron chi connectivity index (χ3n) is 8.26. The van der Waals surface area contributed by atoms with Gasteiger partial charge in [0.1, 0.15) is 40.1 Å². The molecule has 0 spiro atoms. The number of hydrogen-bond donors (Lipinski definition) is 7. The maximum Gasteiger partial charge on any atom is 0.331 e. The first-order valence-corrected chi connectivity index (χ1v) is 16.2. The molecule has 1 aliphatic rings. The van der Waals surface area contributed by atoms with Crippen LogP contribution in [0.1, 0.15) is 18.1 Å². The summed E-state index contributed by atoms with van der Waals surface area (Å²) in [5, 5.41) is 71.1. The summed E-state index contributed by atoms with van der Waals surface area (Å²) in [4.78, 5) is 40.0. The van der Waals surface area contributed by atoms with Gasteiger partial charge in [0.25, 0.3) is 0 Å². The molecule has 1 aromatic heterocycles. The summed E-state index contributed by atoms with van der Waals surface area (Å²) in [6, 6.07) is 17.1. The van der Waals surface area contributed by atoms with E-state index in [0.29, 0.717) is 11.1 Å². The molecule has 2 heterocycles. The standard InChI is InChI=1S/C39H32O15/c1-19-35(52-30(46)14-6-20-2-9-23(40)10-3-20)34(49)38(53-31(47)15-7-21-4-11-24(41)12-5-21)39(50-19)54-37-33(48)32-28(45)17-25(42)18-29(32)51-36(37)22-8-13-26(43)27(44)16-22/h2-19,34-35,38-45,49H,1H3/t19-,34+,35-,38+,39-/m0/s1. The summed E-state index contributed by atoms with van der Waals surface area (Å²) in [5.74, 6) is -5.21. The van der Waals surface area contributed by atoms with Crippen molar-refractivity contribution in [1.82, 2.24) is 0 Å². The first-order valence-electron chi connectivity index (χ1n) is 16.2. The second kappa shape index (κ2) is 15.3. The Kier molecular flexibility index (Phi) is 10.4. The van der Waals surface area contributed by atoms with Crippen LogP contribution < -0.4 is 10.2 Å². The Morgan fingerprint density at radius 3 is 1.83 bits per heavy atom.